The molecule has 12 atom stereocenters. The summed E-state index contributed by atoms with van der Waals surface area (Å²) in [6, 6.07) is 33.3. The van der Waals surface area contributed by atoms with Gasteiger partial charge in [0.05, 0.1) is 24.4 Å². The van der Waals surface area contributed by atoms with Crippen LogP contribution in [-0.4, -0.2) is 97.5 Å². The maximum atomic E-state index is 13.4. The Morgan fingerprint density at radius 2 is 0.875 bits per heavy atom. The van der Waals surface area contributed by atoms with Gasteiger partial charge in [-0.3, -0.25) is 0 Å². The first kappa shape index (κ1) is 43.8. The van der Waals surface area contributed by atoms with E-state index in [1.54, 1.807) is 23.5 Å². The molecule has 338 valence electrons. The molecular weight excluding hydrogens is 845 g/mol. The number of fused-ring (bicyclic) bond motifs is 6. The highest BCUT2D eigenvalue weighted by Crippen LogP contribution is 2.47. The summed E-state index contributed by atoms with van der Waals surface area (Å²) in [7, 11) is 0. The summed E-state index contributed by atoms with van der Waals surface area (Å²) in [5.74, 6) is 2.38. The van der Waals surface area contributed by atoms with Crippen LogP contribution in [-0.2, 0) is 28.4 Å². The Morgan fingerprint density at radius 1 is 0.531 bits per heavy atom. The fourth-order valence-corrected chi connectivity index (χ4v) is 13.9. The van der Waals surface area contributed by atoms with E-state index in [2.05, 4.69) is 111 Å². The minimum absolute atomic E-state index is 0.00573. The third kappa shape index (κ3) is 8.59. The van der Waals surface area contributed by atoms with E-state index >= 15 is 0 Å². The van der Waals surface area contributed by atoms with Gasteiger partial charge in [-0.2, -0.15) is 0 Å². The van der Waals surface area contributed by atoms with Crippen molar-refractivity contribution in [2.45, 2.75) is 99.7 Å². The summed E-state index contributed by atoms with van der Waals surface area (Å²) < 4.78 is 38.9. The molecule has 2 aliphatic carbocycles. The number of thioether (sulfide) groups is 2. The number of carbonyl (C=O) groups is 2. The van der Waals surface area contributed by atoms with E-state index in [9.17, 15) is 9.59 Å². The van der Waals surface area contributed by atoms with E-state index < -0.39 is 12.2 Å². The van der Waals surface area contributed by atoms with E-state index in [1.807, 2.05) is 24.3 Å². The predicted octanol–water partition coefficient (Wildman–Crippen LogP) is 9.84. The standard InChI is InChI=1S/C52H60N2O8S2/c1-29-27-63-49(47-31(3)43(21-23-57-47)53-51(55)59-25-41-37-17-9-5-13-33(37)34-14-6-10-18-38(34)41)61-45(29)46-30(2)28-64-50(62-46)48-32(4)44(22-24-58-48)54-52(56)60-26-42-39-19-11-7-15-35(39)36-16-8-12-20-40(36)42/h5-20,29-32,41-50H,21-28H2,1-4H3,(H,53,55)(H,54,56)/t29-,30-,31+,32+,43-,44-,45-,46-,47+,48+,49?,50?/m0/s1. The number of alkyl carbamates (subject to hydrolysis) is 2. The third-order valence-electron chi connectivity index (χ3n) is 14.7. The van der Waals surface area contributed by atoms with Gasteiger partial charge in [0.15, 0.2) is 0 Å². The van der Waals surface area contributed by atoms with Gasteiger partial charge in [-0.25, -0.2) is 9.59 Å². The first-order valence-electron chi connectivity index (χ1n) is 23.2. The van der Waals surface area contributed by atoms with E-state index in [1.165, 1.54) is 44.5 Å². The lowest BCUT2D eigenvalue weighted by atomic mass is 9.89. The molecule has 0 radical (unpaired) electrons. The van der Waals surface area contributed by atoms with Crippen LogP contribution in [0.25, 0.3) is 22.3 Å². The maximum Gasteiger partial charge on any atom is 0.407 e. The molecule has 10 nitrogen and oxygen atoms in total. The molecule has 4 aliphatic heterocycles. The molecular formula is C52H60N2O8S2. The number of ether oxygens (including phenoxy) is 6. The first-order chi connectivity index (χ1) is 31.2. The van der Waals surface area contributed by atoms with Crippen LogP contribution in [0.2, 0.25) is 0 Å². The van der Waals surface area contributed by atoms with Crippen molar-refractivity contribution >= 4 is 35.7 Å². The van der Waals surface area contributed by atoms with E-state index in [0.29, 0.717) is 26.1 Å². The molecule has 2 amide bonds. The highest BCUT2D eigenvalue weighted by Gasteiger charge is 2.49. The predicted molar refractivity (Wildman–Crippen MR) is 252 cm³/mol. The van der Waals surface area contributed by atoms with E-state index in [-0.39, 0.29) is 96.1 Å². The van der Waals surface area contributed by atoms with E-state index in [0.717, 1.165) is 11.5 Å². The summed E-state index contributed by atoms with van der Waals surface area (Å²) in [5.41, 5.74) is 9.20. The van der Waals surface area contributed by atoms with Gasteiger partial charge >= 0.3 is 12.2 Å². The smallest absolute Gasteiger partial charge is 0.407 e. The Balaban J connectivity index is 0.734. The lowest BCUT2D eigenvalue weighted by Gasteiger charge is -2.49. The van der Waals surface area contributed by atoms with Gasteiger partial charge < -0.3 is 39.1 Å². The molecule has 12 heteroatoms. The summed E-state index contributed by atoms with van der Waals surface area (Å²) >= 11 is 3.59. The Bertz CT molecular complexity index is 2060. The Hall–Kier alpha value is -4.04. The highest BCUT2D eigenvalue weighted by molar-refractivity contribution is 8.00. The minimum Gasteiger partial charge on any atom is -0.449 e. The molecule has 0 aromatic heterocycles. The van der Waals surface area contributed by atoms with Gasteiger partial charge in [0.1, 0.15) is 24.1 Å². The second-order valence-electron chi connectivity index (χ2n) is 18.7. The van der Waals surface area contributed by atoms with Crippen LogP contribution in [0.5, 0.6) is 0 Å². The molecule has 0 bridgehead atoms. The molecule has 4 aromatic carbocycles. The molecule has 0 saturated carbocycles. The van der Waals surface area contributed by atoms with Crippen molar-refractivity contribution in [1.82, 2.24) is 10.6 Å². The Kier molecular flexibility index (Phi) is 13.0. The van der Waals surface area contributed by atoms with E-state index in [4.69, 9.17) is 28.4 Å². The second-order valence-corrected chi connectivity index (χ2v) is 20.9. The van der Waals surface area contributed by atoms with Gasteiger partial charge in [0, 0.05) is 60.5 Å². The van der Waals surface area contributed by atoms with Crippen LogP contribution in [0, 0.1) is 23.7 Å². The summed E-state index contributed by atoms with van der Waals surface area (Å²) in [6.07, 6.45) is -0.0631. The van der Waals surface area contributed by atoms with Gasteiger partial charge in [-0.1, -0.05) is 125 Å². The van der Waals surface area contributed by atoms with Crippen LogP contribution in [0.15, 0.2) is 97.1 Å². The summed E-state index contributed by atoms with van der Waals surface area (Å²) in [6.45, 7) is 10.4. The fraction of sp³-hybridized carbons (Fsp3) is 0.500. The molecule has 4 fully saturated rings. The molecule has 64 heavy (non-hydrogen) atoms. The lowest BCUT2D eigenvalue weighted by molar-refractivity contribution is -0.186. The lowest BCUT2D eigenvalue weighted by Crippen LogP contribution is -2.58. The van der Waals surface area contributed by atoms with Gasteiger partial charge in [0.25, 0.3) is 0 Å². The molecule has 0 spiro atoms. The molecule has 4 aromatic rings. The Labute approximate surface area is 385 Å². The van der Waals surface area contributed by atoms with Crippen molar-refractivity contribution in [3.05, 3.63) is 119 Å². The topological polar surface area (TPSA) is 114 Å². The van der Waals surface area contributed by atoms with Crippen molar-refractivity contribution in [3.8, 4) is 22.3 Å². The average molecular weight is 905 g/mol. The van der Waals surface area contributed by atoms with Crippen LogP contribution in [0.4, 0.5) is 9.59 Å². The SMILES string of the molecule is C[C@@H]1[C@@H](NC(=O)OCC2c3ccccc3-c3ccccc32)CCO[C@H]1C1O[C@H]([C@H]2OC([C@@H]3OCC[C@H](NC(=O)OCC4c5ccccc5-c5ccccc54)[C@H]3C)SC[C@@H]2C)[C@@H](C)CS1. The number of hydrogen-bond acceptors (Lipinski definition) is 10. The number of rotatable bonds is 9. The number of nitrogens with one attached hydrogen (secondary N) is 2. The molecule has 2 N–H and O–H groups in total. The maximum absolute atomic E-state index is 13.4. The highest BCUT2D eigenvalue weighted by atomic mass is 32.2. The third-order valence-corrected chi connectivity index (χ3v) is 17.5. The van der Waals surface area contributed by atoms with Crippen LogP contribution in [0.1, 0.15) is 74.6 Å². The minimum atomic E-state index is -0.397. The summed E-state index contributed by atoms with van der Waals surface area (Å²) in [5, 5.41) is 6.41. The van der Waals surface area contributed by atoms with Crippen LogP contribution < -0.4 is 10.6 Å². The number of amides is 2. The second kappa shape index (κ2) is 19.1. The van der Waals surface area contributed by atoms with Crippen molar-refractivity contribution in [1.29, 1.82) is 0 Å². The zero-order valence-electron chi connectivity index (χ0n) is 37.1. The molecule has 2 unspecified atom stereocenters. The first-order valence-corrected chi connectivity index (χ1v) is 25.3. The zero-order valence-corrected chi connectivity index (χ0v) is 38.7. The van der Waals surface area contributed by atoms with Crippen molar-refractivity contribution < 1.29 is 38.0 Å². The monoisotopic (exact) mass is 904 g/mol. The quantitative estimate of drug-likeness (QED) is 0.168. The van der Waals surface area contributed by atoms with Crippen LogP contribution in [0.3, 0.4) is 0 Å². The number of hydrogen-bond donors (Lipinski definition) is 2. The zero-order chi connectivity index (χ0) is 43.9. The van der Waals surface area contributed by atoms with Crippen molar-refractivity contribution in [3.63, 3.8) is 0 Å². The Morgan fingerprint density at radius 3 is 1.23 bits per heavy atom. The molecule has 4 saturated heterocycles. The van der Waals surface area contributed by atoms with Gasteiger partial charge in [-0.15, -0.1) is 23.5 Å². The largest absolute Gasteiger partial charge is 0.449 e. The average Bonchev–Trinajstić information content (AvgIpc) is 3.81. The fourth-order valence-electron chi connectivity index (χ4n) is 11.1. The normalized spacial score (nSPS) is 32.4. The van der Waals surface area contributed by atoms with Crippen molar-refractivity contribution in [2.24, 2.45) is 23.7 Å². The molecule has 10 rings (SSSR count). The van der Waals surface area contributed by atoms with Crippen molar-refractivity contribution in [2.75, 3.05) is 37.9 Å². The van der Waals surface area contributed by atoms with Gasteiger partial charge in [-0.05, 0) is 69.2 Å². The number of carbonyl (C=O) groups excluding carboxylic acids is 2. The molecule has 4 heterocycles. The van der Waals surface area contributed by atoms with Crippen LogP contribution >= 0.6 is 23.5 Å². The molecule has 6 aliphatic rings. The number of benzene rings is 4. The van der Waals surface area contributed by atoms with Gasteiger partial charge in [0.2, 0.25) is 0 Å². The summed E-state index contributed by atoms with van der Waals surface area (Å²) in [4.78, 5) is 26.8.